The van der Waals surface area contributed by atoms with Crippen molar-refractivity contribution in [1.82, 2.24) is 8.87 Å². The Hall–Kier alpha value is -2.70. The van der Waals surface area contributed by atoms with Crippen molar-refractivity contribution in [2.75, 3.05) is 6.54 Å². The van der Waals surface area contributed by atoms with E-state index in [1.807, 2.05) is 49.5 Å². The number of nitrogens with zero attached hydrogens (tertiary/aromatic N) is 2. The van der Waals surface area contributed by atoms with Gasteiger partial charge in [0.2, 0.25) is 10.0 Å². The number of hydrogen-bond acceptors (Lipinski definition) is 3. The molecule has 0 bridgehead atoms. The predicted molar refractivity (Wildman–Crippen MR) is 108 cm³/mol. The molecule has 0 saturated carbocycles. The van der Waals surface area contributed by atoms with Crippen LogP contribution in [0.5, 0.6) is 0 Å². The lowest BCUT2D eigenvalue weighted by atomic mass is 10.0. The number of carbonyl (C=O) groups is 1. The first kappa shape index (κ1) is 18.7. The summed E-state index contributed by atoms with van der Waals surface area (Å²) >= 11 is 0. The van der Waals surface area contributed by atoms with Gasteiger partial charge in [0.25, 0.3) is 0 Å². The van der Waals surface area contributed by atoms with Crippen molar-refractivity contribution in [2.24, 2.45) is 0 Å². The van der Waals surface area contributed by atoms with E-state index >= 15 is 0 Å². The van der Waals surface area contributed by atoms with Crippen LogP contribution in [0.1, 0.15) is 40.1 Å². The summed E-state index contributed by atoms with van der Waals surface area (Å²) in [5.74, 6) is -0.0859. The fourth-order valence-corrected chi connectivity index (χ4v) is 5.28. The monoisotopic (exact) mass is 394 g/mol. The average Bonchev–Trinajstić information content (AvgIpc) is 3.17. The fourth-order valence-electron chi connectivity index (χ4n) is 3.70. The standard InChI is InChI=1S/C22H22N2O3S/c1-16-5-7-19(8-6-16)22-21-4-3-13-23(21)14-15-24(22)28(26,27)20-11-9-18(10-12-20)17(2)25/h3-13,22H,14-15H2,1-2H3/t22-/m1/s1. The van der Waals surface area contributed by atoms with Crippen LogP contribution in [0.2, 0.25) is 0 Å². The molecule has 0 radical (unpaired) electrons. The zero-order valence-electron chi connectivity index (χ0n) is 15.9. The van der Waals surface area contributed by atoms with Gasteiger partial charge in [0, 0.05) is 30.5 Å². The van der Waals surface area contributed by atoms with E-state index in [1.165, 1.54) is 19.1 Å². The second-order valence-electron chi connectivity index (χ2n) is 7.14. The molecule has 0 fully saturated rings. The highest BCUT2D eigenvalue weighted by molar-refractivity contribution is 7.89. The molecule has 1 atom stereocenters. The van der Waals surface area contributed by atoms with Crippen LogP contribution in [-0.4, -0.2) is 29.6 Å². The molecule has 1 aliphatic rings. The average molecular weight is 394 g/mol. The Balaban J connectivity index is 1.80. The zero-order chi connectivity index (χ0) is 19.9. The Morgan fingerprint density at radius 2 is 1.64 bits per heavy atom. The molecule has 1 aliphatic heterocycles. The van der Waals surface area contributed by atoms with Crippen LogP contribution in [-0.2, 0) is 16.6 Å². The highest BCUT2D eigenvalue weighted by atomic mass is 32.2. The maximum Gasteiger partial charge on any atom is 0.244 e. The topological polar surface area (TPSA) is 59.4 Å². The van der Waals surface area contributed by atoms with E-state index in [0.29, 0.717) is 18.7 Å². The van der Waals surface area contributed by atoms with Crippen molar-refractivity contribution < 1.29 is 13.2 Å². The van der Waals surface area contributed by atoms with Gasteiger partial charge in [0.15, 0.2) is 5.78 Å². The van der Waals surface area contributed by atoms with Crippen LogP contribution >= 0.6 is 0 Å². The SMILES string of the molecule is CC(=O)c1ccc(S(=O)(=O)N2CCn3cccc3[C@H]2c2ccc(C)cc2)cc1. The molecular formula is C22H22N2O3S. The molecule has 0 unspecified atom stereocenters. The minimum absolute atomic E-state index is 0.0859. The first-order chi connectivity index (χ1) is 13.4. The summed E-state index contributed by atoms with van der Waals surface area (Å²) in [4.78, 5) is 11.7. The molecule has 4 rings (SSSR count). The van der Waals surface area contributed by atoms with Gasteiger partial charge in [-0.3, -0.25) is 4.79 Å². The van der Waals surface area contributed by atoms with Gasteiger partial charge in [-0.2, -0.15) is 4.31 Å². The van der Waals surface area contributed by atoms with Crippen LogP contribution < -0.4 is 0 Å². The highest BCUT2D eigenvalue weighted by Gasteiger charge is 2.37. The molecule has 0 spiro atoms. The Morgan fingerprint density at radius 3 is 2.29 bits per heavy atom. The predicted octanol–water partition coefficient (Wildman–Crippen LogP) is 3.79. The molecule has 0 N–H and O–H groups in total. The molecule has 0 aliphatic carbocycles. The number of aromatic nitrogens is 1. The van der Waals surface area contributed by atoms with E-state index in [0.717, 1.165) is 16.8 Å². The van der Waals surface area contributed by atoms with Gasteiger partial charge in [-0.05, 0) is 43.7 Å². The number of sulfonamides is 1. The molecule has 1 aromatic heterocycles. The molecule has 144 valence electrons. The van der Waals surface area contributed by atoms with Crippen LogP contribution in [0.25, 0.3) is 0 Å². The van der Waals surface area contributed by atoms with Crippen LogP contribution in [0.15, 0.2) is 71.8 Å². The van der Waals surface area contributed by atoms with E-state index in [-0.39, 0.29) is 16.7 Å². The molecule has 0 amide bonds. The van der Waals surface area contributed by atoms with Gasteiger partial charge in [-0.1, -0.05) is 42.0 Å². The van der Waals surface area contributed by atoms with Crippen molar-refractivity contribution in [1.29, 1.82) is 0 Å². The first-order valence-corrected chi connectivity index (χ1v) is 10.7. The van der Waals surface area contributed by atoms with Crippen LogP contribution in [0.3, 0.4) is 0 Å². The number of hydrogen-bond donors (Lipinski definition) is 0. The van der Waals surface area contributed by atoms with Crippen molar-refractivity contribution in [3.05, 3.63) is 89.2 Å². The van der Waals surface area contributed by atoms with Gasteiger partial charge in [-0.15, -0.1) is 0 Å². The fraction of sp³-hybridized carbons (Fsp3) is 0.227. The smallest absolute Gasteiger partial charge is 0.244 e. The number of rotatable bonds is 4. The number of Topliss-reactive ketones (excluding diaryl/α,β-unsaturated/α-hetero) is 1. The van der Waals surface area contributed by atoms with Crippen molar-refractivity contribution in [3.8, 4) is 0 Å². The van der Waals surface area contributed by atoms with Gasteiger partial charge in [0.05, 0.1) is 10.9 Å². The number of ketones is 1. The van der Waals surface area contributed by atoms with Gasteiger partial charge >= 0.3 is 0 Å². The highest BCUT2D eigenvalue weighted by Crippen LogP contribution is 2.36. The second kappa shape index (κ2) is 7.04. The number of fused-ring (bicyclic) bond motifs is 1. The normalized spacial score (nSPS) is 17.3. The number of benzene rings is 2. The molecule has 6 heteroatoms. The van der Waals surface area contributed by atoms with Crippen LogP contribution in [0, 0.1) is 6.92 Å². The summed E-state index contributed by atoms with van der Waals surface area (Å²) in [6.45, 7) is 4.47. The summed E-state index contributed by atoms with van der Waals surface area (Å²) in [5, 5.41) is 0. The lowest BCUT2D eigenvalue weighted by Crippen LogP contribution is -2.42. The molecule has 5 nitrogen and oxygen atoms in total. The number of aryl methyl sites for hydroxylation is 1. The molecule has 0 saturated heterocycles. The van der Waals surface area contributed by atoms with Crippen LogP contribution in [0.4, 0.5) is 0 Å². The minimum Gasteiger partial charge on any atom is -0.348 e. The molecule has 28 heavy (non-hydrogen) atoms. The third-order valence-electron chi connectivity index (χ3n) is 5.25. The Kier molecular flexibility index (Phi) is 4.69. The third-order valence-corrected chi connectivity index (χ3v) is 7.13. The maximum atomic E-state index is 13.5. The summed E-state index contributed by atoms with van der Waals surface area (Å²) in [6.07, 6.45) is 1.99. The minimum atomic E-state index is -3.72. The quantitative estimate of drug-likeness (QED) is 0.633. The lowest BCUT2D eigenvalue weighted by Gasteiger charge is -2.36. The zero-order valence-corrected chi connectivity index (χ0v) is 16.7. The number of carbonyl (C=O) groups excluding carboxylic acids is 1. The third kappa shape index (κ3) is 3.19. The Labute approximate surface area is 165 Å². The van der Waals surface area contributed by atoms with Crippen molar-refractivity contribution >= 4 is 15.8 Å². The molecule has 2 heterocycles. The molecule has 3 aromatic rings. The van der Waals surface area contributed by atoms with Crippen molar-refractivity contribution in [3.63, 3.8) is 0 Å². The van der Waals surface area contributed by atoms with E-state index in [2.05, 4.69) is 4.57 Å². The Bertz CT molecular complexity index is 1110. The first-order valence-electron chi connectivity index (χ1n) is 9.22. The van der Waals surface area contributed by atoms with Crippen molar-refractivity contribution in [2.45, 2.75) is 31.3 Å². The second-order valence-corrected chi connectivity index (χ2v) is 9.03. The Morgan fingerprint density at radius 1 is 0.964 bits per heavy atom. The molecular weight excluding hydrogens is 372 g/mol. The van der Waals surface area contributed by atoms with E-state index in [9.17, 15) is 13.2 Å². The van der Waals surface area contributed by atoms with Gasteiger partial charge in [0.1, 0.15) is 0 Å². The summed E-state index contributed by atoms with van der Waals surface area (Å²) < 4.78 is 30.6. The summed E-state index contributed by atoms with van der Waals surface area (Å²) in [7, 11) is -3.72. The largest absolute Gasteiger partial charge is 0.348 e. The van der Waals surface area contributed by atoms with Gasteiger partial charge in [-0.25, -0.2) is 8.42 Å². The summed E-state index contributed by atoms with van der Waals surface area (Å²) in [6, 6.07) is 17.7. The van der Waals surface area contributed by atoms with E-state index in [1.54, 1.807) is 16.4 Å². The van der Waals surface area contributed by atoms with Gasteiger partial charge < -0.3 is 4.57 Å². The van der Waals surface area contributed by atoms with E-state index in [4.69, 9.17) is 0 Å². The summed E-state index contributed by atoms with van der Waals surface area (Å²) in [5.41, 5.74) is 3.53. The lowest BCUT2D eigenvalue weighted by molar-refractivity contribution is 0.101. The van der Waals surface area contributed by atoms with E-state index < -0.39 is 10.0 Å². The molecule has 2 aromatic carbocycles. The maximum absolute atomic E-state index is 13.5.